The smallest absolute Gasteiger partial charge is 0.0503 e. The summed E-state index contributed by atoms with van der Waals surface area (Å²) in [5.74, 6) is 5.30. The molecule has 2 nitrogen and oxygen atoms in total. The molecule has 0 aromatic heterocycles. The number of rotatable bonds is 1. The molecule has 1 aliphatic carbocycles. The van der Waals surface area contributed by atoms with E-state index < -0.39 is 0 Å². The third kappa shape index (κ3) is 0.664. The molecule has 1 atom stereocenters. The average Bonchev–Trinajstić information content (AvgIpc) is 1.92. The van der Waals surface area contributed by atoms with E-state index in [9.17, 15) is 0 Å². The van der Waals surface area contributed by atoms with Crippen molar-refractivity contribution in [1.29, 1.82) is 0 Å². The highest BCUT2D eigenvalue weighted by molar-refractivity contribution is 5.38. The van der Waals surface area contributed by atoms with Gasteiger partial charge >= 0.3 is 0 Å². The molecule has 0 saturated carbocycles. The van der Waals surface area contributed by atoms with Crippen molar-refractivity contribution < 1.29 is 0 Å². The lowest BCUT2D eigenvalue weighted by Crippen LogP contribution is -2.35. The molecule has 0 saturated heterocycles. The fourth-order valence-corrected chi connectivity index (χ4v) is 1.41. The van der Waals surface area contributed by atoms with Gasteiger partial charge in [0.25, 0.3) is 0 Å². The lowest BCUT2D eigenvalue weighted by molar-refractivity contribution is 0.498. The summed E-state index contributed by atoms with van der Waals surface area (Å²) < 4.78 is 0. The number of fused-ring (bicyclic) bond motifs is 1. The monoisotopic (exact) mass is 134 g/mol. The fourth-order valence-electron chi connectivity index (χ4n) is 1.41. The van der Waals surface area contributed by atoms with E-state index >= 15 is 0 Å². The Labute approximate surface area is 60.0 Å². The van der Waals surface area contributed by atoms with Crippen molar-refractivity contribution >= 4 is 0 Å². The zero-order valence-electron chi connectivity index (χ0n) is 5.67. The number of hydrogen-bond acceptors (Lipinski definition) is 2. The lowest BCUT2D eigenvalue weighted by Gasteiger charge is -2.28. The Morgan fingerprint density at radius 3 is 2.90 bits per heavy atom. The van der Waals surface area contributed by atoms with Gasteiger partial charge in [0.2, 0.25) is 0 Å². The predicted octanol–water partition coefficient (Wildman–Crippen LogP) is 0.747. The highest BCUT2D eigenvalue weighted by Gasteiger charge is 2.23. The Balaban J connectivity index is 2.34. The molecule has 0 amide bonds. The highest BCUT2D eigenvalue weighted by atomic mass is 15.2. The van der Waals surface area contributed by atoms with Crippen molar-refractivity contribution in [1.82, 2.24) is 5.43 Å². The average molecular weight is 134 g/mol. The summed E-state index contributed by atoms with van der Waals surface area (Å²) in [4.78, 5) is 0. The molecule has 0 heterocycles. The summed E-state index contributed by atoms with van der Waals surface area (Å²) in [6.07, 6.45) is 1.08. The second-order valence-electron chi connectivity index (χ2n) is 2.62. The first-order chi connectivity index (χ1) is 4.92. The molecule has 0 radical (unpaired) electrons. The van der Waals surface area contributed by atoms with Gasteiger partial charge in [-0.2, -0.15) is 0 Å². The van der Waals surface area contributed by atoms with E-state index in [4.69, 9.17) is 5.84 Å². The van der Waals surface area contributed by atoms with Crippen LogP contribution in [0.4, 0.5) is 0 Å². The molecule has 1 aromatic carbocycles. The predicted molar refractivity (Wildman–Crippen MR) is 40.2 cm³/mol. The van der Waals surface area contributed by atoms with E-state index in [1.807, 2.05) is 6.07 Å². The fraction of sp³-hybridized carbons (Fsp3) is 0.250. The SMILES string of the molecule is NNC1Cc2ccccc21. The third-order valence-electron chi connectivity index (χ3n) is 2.06. The quantitative estimate of drug-likeness (QED) is 0.439. The van der Waals surface area contributed by atoms with E-state index in [1.54, 1.807) is 0 Å². The molecule has 0 spiro atoms. The van der Waals surface area contributed by atoms with Gasteiger partial charge in [-0.15, -0.1) is 0 Å². The van der Waals surface area contributed by atoms with Gasteiger partial charge in [0.1, 0.15) is 0 Å². The van der Waals surface area contributed by atoms with Crippen LogP contribution in [-0.2, 0) is 6.42 Å². The van der Waals surface area contributed by atoms with Crippen molar-refractivity contribution in [2.75, 3.05) is 0 Å². The zero-order chi connectivity index (χ0) is 6.97. The lowest BCUT2D eigenvalue weighted by atomic mass is 9.84. The highest BCUT2D eigenvalue weighted by Crippen LogP contribution is 2.31. The number of nitrogens with one attached hydrogen (secondary N) is 1. The van der Waals surface area contributed by atoms with Crippen LogP contribution in [0.15, 0.2) is 24.3 Å². The van der Waals surface area contributed by atoms with Crippen LogP contribution in [0.2, 0.25) is 0 Å². The maximum Gasteiger partial charge on any atom is 0.0503 e. The first-order valence-corrected chi connectivity index (χ1v) is 3.46. The van der Waals surface area contributed by atoms with Crippen molar-refractivity contribution in [3.8, 4) is 0 Å². The van der Waals surface area contributed by atoms with Crippen molar-refractivity contribution in [3.63, 3.8) is 0 Å². The topological polar surface area (TPSA) is 38.0 Å². The molecule has 2 rings (SSSR count). The Morgan fingerprint density at radius 2 is 2.20 bits per heavy atom. The van der Waals surface area contributed by atoms with Gasteiger partial charge in [-0.3, -0.25) is 11.3 Å². The van der Waals surface area contributed by atoms with Crippen molar-refractivity contribution in [2.45, 2.75) is 12.5 Å². The molecule has 0 fully saturated rings. The Morgan fingerprint density at radius 1 is 1.40 bits per heavy atom. The Hall–Kier alpha value is -0.860. The van der Waals surface area contributed by atoms with Crippen LogP contribution in [0, 0.1) is 0 Å². The van der Waals surface area contributed by atoms with Crippen LogP contribution in [0.25, 0.3) is 0 Å². The van der Waals surface area contributed by atoms with E-state index in [2.05, 4.69) is 23.6 Å². The summed E-state index contributed by atoms with van der Waals surface area (Å²) in [7, 11) is 0. The Bertz CT molecular complexity index is 245. The van der Waals surface area contributed by atoms with Gasteiger partial charge in [-0.05, 0) is 17.5 Å². The molecule has 10 heavy (non-hydrogen) atoms. The van der Waals surface area contributed by atoms with Crippen LogP contribution in [-0.4, -0.2) is 0 Å². The van der Waals surface area contributed by atoms with E-state index in [1.165, 1.54) is 11.1 Å². The van der Waals surface area contributed by atoms with Gasteiger partial charge < -0.3 is 0 Å². The molecule has 3 N–H and O–H groups in total. The van der Waals surface area contributed by atoms with Gasteiger partial charge in [-0.25, -0.2) is 0 Å². The molecule has 1 aliphatic rings. The molecule has 1 unspecified atom stereocenters. The maximum absolute atomic E-state index is 5.30. The summed E-state index contributed by atoms with van der Waals surface area (Å²) >= 11 is 0. The number of nitrogens with two attached hydrogens (primary N) is 1. The maximum atomic E-state index is 5.30. The first kappa shape index (κ1) is 5.89. The minimum absolute atomic E-state index is 0.399. The standard InChI is InChI=1S/C8H10N2/c9-10-8-5-6-3-1-2-4-7(6)8/h1-4,8,10H,5,9H2. The minimum atomic E-state index is 0.399. The summed E-state index contributed by atoms with van der Waals surface area (Å²) in [6, 6.07) is 8.76. The first-order valence-electron chi connectivity index (χ1n) is 3.46. The van der Waals surface area contributed by atoms with Crippen LogP contribution >= 0.6 is 0 Å². The van der Waals surface area contributed by atoms with Crippen LogP contribution in [0.1, 0.15) is 17.2 Å². The van der Waals surface area contributed by atoms with Crippen LogP contribution in [0.5, 0.6) is 0 Å². The van der Waals surface area contributed by atoms with Gasteiger partial charge in [0.15, 0.2) is 0 Å². The van der Waals surface area contributed by atoms with Gasteiger partial charge in [-0.1, -0.05) is 24.3 Å². The number of benzene rings is 1. The Kier molecular flexibility index (Phi) is 1.22. The number of hydrogen-bond donors (Lipinski definition) is 2. The van der Waals surface area contributed by atoms with E-state index in [0.717, 1.165) is 6.42 Å². The van der Waals surface area contributed by atoms with Crippen LogP contribution < -0.4 is 11.3 Å². The summed E-state index contributed by atoms with van der Waals surface area (Å²) in [6.45, 7) is 0. The molecular formula is C8H10N2. The zero-order valence-corrected chi connectivity index (χ0v) is 5.67. The molecule has 1 aromatic rings. The second-order valence-corrected chi connectivity index (χ2v) is 2.62. The molecule has 0 aliphatic heterocycles. The summed E-state index contributed by atoms with van der Waals surface area (Å²) in [5.41, 5.74) is 5.53. The van der Waals surface area contributed by atoms with Crippen molar-refractivity contribution in [2.24, 2.45) is 5.84 Å². The number of hydrazine groups is 1. The second kappa shape index (κ2) is 2.08. The van der Waals surface area contributed by atoms with Gasteiger partial charge in [0, 0.05) is 0 Å². The molecule has 0 bridgehead atoms. The summed E-state index contributed by atoms with van der Waals surface area (Å²) in [5, 5.41) is 0. The third-order valence-corrected chi connectivity index (χ3v) is 2.06. The van der Waals surface area contributed by atoms with Crippen LogP contribution in [0.3, 0.4) is 0 Å². The largest absolute Gasteiger partial charge is 0.271 e. The minimum Gasteiger partial charge on any atom is -0.271 e. The molecule has 52 valence electrons. The van der Waals surface area contributed by atoms with E-state index in [-0.39, 0.29) is 0 Å². The molecular weight excluding hydrogens is 124 g/mol. The van der Waals surface area contributed by atoms with Crippen molar-refractivity contribution in [3.05, 3.63) is 35.4 Å². The molecule has 2 heteroatoms. The van der Waals surface area contributed by atoms with Gasteiger partial charge in [0.05, 0.1) is 6.04 Å². The van der Waals surface area contributed by atoms with E-state index in [0.29, 0.717) is 6.04 Å². The normalized spacial score (nSPS) is 21.5.